The third kappa shape index (κ3) is 2.08. The van der Waals surface area contributed by atoms with Gasteiger partial charge in [0.1, 0.15) is 12.1 Å². The molecule has 0 N–H and O–H groups in total. The van der Waals surface area contributed by atoms with Gasteiger partial charge in [0.25, 0.3) is 0 Å². The first-order valence-electron chi connectivity index (χ1n) is 9.12. The van der Waals surface area contributed by atoms with E-state index in [1.54, 1.807) is 24.8 Å². The molecule has 4 heterocycles. The first-order chi connectivity index (χ1) is 13.9. The highest BCUT2D eigenvalue weighted by atomic mass is 15.2. The van der Waals surface area contributed by atoms with Crippen LogP contribution in [0.1, 0.15) is 34.3 Å². The van der Waals surface area contributed by atoms with Gasteiger partial charge in [-0.1, -0.05) is 24.3 Å². The van der Waals surface area contributed by atoms with Crippen LogP contribution in [0.5, 0.6) is 0 Å². The highest BCUT2D eigenvalue weighted by Gasteiger charge is 2.33. The van der Waals surface area contributed by atoms with Crippen molar-refractivity contribution in [2.75, 3.05) is 0 Å². The second-order valence-corrected chi connectivity index (χ2v) is 6.80. The van der Waals surface area contributed by atoms with Crippen molar-refractivity contribution in [3.05, 3.63) is 95.6 Å². The highest BCUT2D eigenvalue weighted by Crippen LogP contribution is 2.46. The molecule has 6 nitrogen and oxygen atoms in total. The third-order valence-electron chi connectivity index (χ3n) is 5.28. The number of nitrogens with zero attached hydrogens (tertiary/aromatic N) is 6. The van der Waals surface area contributed by atoms with Crippen molar-refractivity contribution >= 4 is 0 Å². The zero-order valence-corrected chi connectivity index (χ0v) is 14.8. The van der Waals surface area contributed by atoms with Crippen molar-refractivity contribution in [3.8, 4) is 22.8 Å². The molecule has 0 saturated heterocycles. The van der Waals surface area contributed by atoms with Gasteiger partial charge < -0.3 is 0 Å². The lowest BCUT2D eigenvalue weighted by molar-refractivity contribution is 0.720. The van der Waals surface area contributed by atoms with E-state index in [-0.39, 0.29) is 12.1 Å². The van der Waals surface area contributed by atoms with Crippen molar-refractivity contribution in [2.45, 2.75) is 12.1 Å². The average Bonchev–Trinajstić information content (AvgIpc) is 3.26. The Morgan fingerprint density at radius 1 is 0.464 bits per heavy atom. The summed E-state index contributed by atoms with van der Waals surface area (Å²) in [5, 5.41) is 9.55. The standard InChI is InChI=1S/C22H14N6/c1-5-13-17(14-6-2-10-24-20(14)19(13)23-9-1)27-28-18-15-7-3-11-25-21(15)22-16(18)8-4-12-26-22/h1-12,17-18H. The molecule has 0 aromatic carbocycles. The molecule has 6 rings (SSSR count). The molecule has 0 radical (unpaired) electrons. The lowest BCUT2D eigenvalue weighted by atomic mass is 10.1. The summed E-state index contributed by atoms with van der Waals surface area (Å²) in [7, 11) is 0. The van der Waals surface area contributed by atoms with Crippen molar-refractivity contribution in [2.24, 2.45) is 10.2 Å². The Labute approximate surface area is 161 Å². The van der Waals surface area contributed by atoms with E-state index < -0.39 is 0 Å². The molecule has 0 bridgehead atoms. The summed E-state index contributed by atoms with van der Waals surface area (Å²) in [6.07, 6.45) is 7.16. The second-order valence-electron chi connectivity index (χ2n) is 6.80. The van der Waals surface area contributed by atoms with Gasteiger partial charge in [0.15, 0.2) is 0 Å². The maximum atomic E-state index is 4.78. The summed E-state index contributed by atoms with van der Waals surface area (Å²) < 4.78 is 0. The predicted octanol–water partition coefficient (Wildman–Crippen LogP) is 4.56. The number of azo groups is 1. The van der Waals surface area contributed by atoms with Crippen molar-refractivity contribution in [3.63, 3.8) is 0 Å². The first-order valence-corrected chi connectivity index (χ1v) is 9.12. The maximum Gasteiger partial charge on any atom is 0.125 e. The number of hydrogen-bond donors (Lipinski definition) is 0. The third-order valence-corrected chi connectivity index (χ3v) is 5.28. The predicted molar refractivity (Wildman–Crippen MR) is 103 cm³/mol. The molecule has 28 heavy (non-hydrogen) atoms. The van der Waals surface area contributed by atoms with E-state index >= 15 is 0 Å². The van der Waals surface area contributed by atoms with Crippen molar-refractivity contribution in [1.29, 1.82) is 0 Å². The van der Waals surface area contributed by atoms with Crippen LogP contribution in [-0.2, 0) is 0 Å². The molecule has 2 aliphatic carbocycles. The molecular formula is C22H14N6. The lowest BCUT2D eigenvalue weighted by Gasteiger charge is -2.10. The fraction of sp³-hybridized carbons (Fsp3) is 0.0909. The van der Waals surface area contributed by atoms with Crippen LogP contribution in [0.2, 0.25) is 0 Å². The monoisotopic (exact) mass is 362 g/mol. The molecule has 0 spiro atoms. The van der Waals surface area contributed by atoms with E-state index in [0.717, 1.165) is 45.0 Å². The van der Waals surface area contributed by atoms with Crippen LogP contribution in [-0.4, -0.2) is 19.9 Å². The average molecular weight is 362 g/mol. The van der Waals surface area contributed by atoms with Crippen LogP contribution in [0.3, 0.4) is 0 Å². The highest BCUT2D eigenvalue weighted by molar-refractivity contribution is 5.73. The Bertz CT molecular complexity index is 1060. The Kier molecular flexibility index (Phi) is 3.19. The van der Waals surface area contributed by atoms with Crippen molar-refractivity contribution in [1.82, 2.24) is 19.9 Å². The fourth-order valence-corrected chi connectivity index (χ4v) is 4.06. The molecular weight excluding hydrogens is 348 g/mol. The van der Waals surface area contributed by atoms with E-state index in [1.807, 2.05) is 48.5 Å². The zero-order chi connectivity index (χ0) is 18.5. The van der Waals surface area contributed by atoms with E-state index in [9.17, 15) is 0 Å². The Hall–Kier alpha value is -3.80. The number of pyridine rings is 4. The van der Waals surface area contributed by atoms with E-state index in [4.69, 9.17) is 10.2 Å². The molecule has 0 amide bonds. The van der Waals surface area contributed by atoms with Crippen LogP contribution in [0, 0.1) is 0 Å². The van der Waals surface area contributed by atoms with Crippen LogP contribution >= 0.6 is 0 Å². The molecule has 2 aliphatic rings. The minimum absolute atomic E-state index is 0.201. The van der Waals surface area contributed by atoms with Crippen LogP contribution < -0.4 is 0 Å². The van der Waals surface area contributed by atoms with Gasteiger partial charge in [-0.05, 0) is 24.3 Å². The maximum absolute atomic E-state index is 4.78. The quantitative estimate of drug-likeness (QED) is 0.490. The molecule has 0 fully saturated rings. The van der Waals surface area contributed by atoms with Crippen LogP contribution in [0.4, 0.5) is 0 Å². The molecule has 132 valence electrons. The topological polar surface area (TPSA) is 76.3 Å². The Morgan fingerprint density at radius 3 is 1.04 bits per heavy atom. The van der Waals surface area contributed by atoms with Crippen molar-refractivity contribution < 1.29 is 0 Å². The zero-order valence-electron chi connectivity index (χ0n) is 14.8. The van der Waals surface area contributed by atoms with E-state index in [1.165, 1.54) is 0 Å². The van der Waals surface area contributed by atoms with E-state index in [0.29, 0.717) is 0 Å². The number of hydrogen-bond acceptors (Lipinski definition) is 6. The molecule has 6 heteroatoms. The molecule has 0 unspecified atom stereocenters. The summed E-state index contributed by atoms with van der Waals surface area (Å²) in [5.41, 5.74) is 7.70. The smallest absolute Gasteiger partial charge is 0.125 e. The summed E-state index contributed by atoms with van der Waals surface area (Å²) >= 11 is 0. The van der Waals surface area contributed by atoms with Crippen LogP contribution in [0.15, 0.2) is 83.5 Å². The second kappa shape index (κ2) is 5.85. The number of rotatable bonds is 2. The Balaban J connectivity index is 1.47. The lowest BCUT2D eigenvalue weighted by Crippen LogP contribution is -1.96. The summed E-state index contributed by atoms with van der Waals surface area (Å²) in [6.45, 7) is 0. The summed E-state index contributed by atoms with van der Waals surface area (Å²) in [6, 6.07) is 15.5. The minimum atomic E-state index is -0.201. The summed E-state index contributed by atoms with van der Waals surface area (Å²) in [4.78, 5) is 18.1. The SMILES string of the molecule is c1cnc2c(c1)C(N=NC1c3cccnc3-c3ncccc31)c1cccnc1-2. The van der Waals surface area contributed by atoms with E-state index in [2.05, 4.69) is 19.9 Å². The molecule has 4 aromatic heterocycles. The van der Waals surface area contributed by atoms with Gasteiger partial charge in [0, 0.05) is 47.0 Å². The normalized spacial score (nSPS) is 14.7. The van der Waals surface area contributed by atoms with Crippen LogP contribution in [0.25, 0.3) is 22.8 Å². The van der Waals surface area contributed by atoms with Gasteiger partial charge in [-0.25, -0.2) is 0 Å². The largest absolute Gasteiger partial charge is 0.254 e. The van der Waals surface area contributed by atoms with Gasteiger partial charge in [-0.15, -0.1) is 0 Å². The number of aromatic nitrogens is 4. The fourth-order valence-electron chi connectivity index (χ4n) is 4.06. The van der Waals surface area contributed by atoms with Gasteiger partial charge >= 0.3 is 0 Å². The van der Waals surface area contributed by atoms with Gasteiger partial charge in [-0.2, -0.15) is 10.2 Å². The van der Waals surface area contributed by atoms with Gasteiger partial charge in [-0.3, -0.25) is 19.9 Å². The summed E-state index contributed by atoms with van der Waals surface area (Å²) in [5.74, 6) is 0. The Morgan fingerprint density at radius 2 is 0.750 bits per heavy atom. The minimum Gasteiger partial charge on any atom is -0.254 e. The van der Waals surface area contributed by atoms with Gasteiger partial charge in [0.05, 0.1) is 22.8 Å². The van der Waals surface area contributed by atoms with Gasteiger partial charge in [0.2, 0.25) is 0 Å². The number of fused-ring (bicyclic) bond motifs is 6. The molecule has 0 atom stereocenters. The molecule has 4 aromatic rings. The first kappa shape index (κ1) is 15.3. The molecule has 0 aliphatic heterocycles. The molecule has 0 saturated carbocycles.